The van der Waals surface area contributed by atoms with Gasteiger partial charge in [0.1, 0.15) is 0 Å². The van der Waals surface area contributed by atoms with Gasteiger partial charge in [-0.1, -0.05) is 12.1 Å². The molecule has 126 valence electrons. The van der Waals surface area contributed by atoms with Crippen molar-refractivity contribution in [1.82, 2.24) is 10.6 Å². The number of nitrogens with two attached hydrogens (primary N) is 1. The summed E-state index contributed by atoms with van der Waals surface area (Å²) < 4.78 is 5.27. The zero-order valence-corrected chi connectivity index (χ0v) is 13.6. The average molecular weight is 319 g/mol. The molecule has 1 aliphatic rings. The Morgan fingerprint density at radius 2 is 2.09 bits per heavy atom. The lowest BCUT2D eigenvalue weighted by Crippen LogP contribution is -2.50. The van der Waals surface area contributed by atoms with E-state index < -0.39 is 11.3 Å². The summed E-state index contributed by atoms with van der Waals surface area (Å²) >= 11 is 0. The van der Waals surface area contributed by atoms with E-state index in [4.69, 9.17) is 10.5 Å². The number of nitrogens with one attached hydrogen (secondary N) is 2. The number of hydrogen-bond donors (Lipinski definition) is 3. The Morgan fingerprint density at radius 3 is 2.74 bits per heavy atom. The van der Waals surface area contributed by atoms with Gasteiger partial charge in [-0.3, -0.25) is 9.59 Å². The summed E-state index contributed by atoms with van der Waals surface area (Å²) in [5.41, 5.74) is 6.31. The highest BCUT2D eigenvalue weighted by Crippen LogP contribution is 2.29. The van der Waals surface area contributed by atoms with Crippen molar-refractivity contribution in [2.75, 3.05) is 33.4 Å². The highest BCUT2D eigenvalue weighted by atomic mass is 16.5. The van der Waals surface area contributed by atoms with E-state index in [-0.39, 0.29) is 5.91 Å². The summed E-state index contributed by atoms with van der Waals surface area (Å²) in [4.78, 5) is 23.8. The van der Waals surface area contributed by atoms with Crippen molar-refractivity contribution in [2.24, 2.45) is 11.1 Å². The molecule has 2 rings (SSSR count). The second kappa shape index (κ2) is 8.08. The summed E-state index contributed by atoms with van der Waals surface area (Å²) in [6.07, 6.45) is 2.22. The van der Waals surface area contributed by atoms with Crippen molar-refractivity contribution < 1.29 is 14.3 Å². The highest BCUT2D eigenvalue weighted by molar-refractivity contribution is 5.92. The number of methoxy groups -OCH3 is 1. The van der Waals surface area contributed by atoms with E-state index in [2.05, 4.69) is 10.6 Å². The van der Waals surface area contributed by atoms with Gasteiger partial charge in [-0.15, -0.1) is 0 Å². The highest BCUT2D eigenvalue weighted by Gasteiger charge is 2.39. The van der Waals surface area contributed by atoms with Gasteiger partial charge in [0.2, 0.25) is 11.8 Å². The van der Waals surface area contributed by atoms with Crippen LogP contribution >= 0.6 is 0 Å². The fourth-order valence-corrected chi connectivity index (χ4v) is 3.01. The van der Waals surface area contributed by atoms with Crippen molar-refractivity contribution in [3.8, 4) is 0 Å². The van der Waals surface area contributed by atoms with Crippen molar-refractivity contribution in [3.05, 3.63) is 35.4 Å². The predicted octanol–water partition coefficient (Wildman–Crippen LogP) is 0.460. The molecular weight excluding hydrogens is 294 g/mol. The number of ether oxygens (including phenoxy) is 1. The molecule has 1 aromatic carbocycles. The van der Waals surface area contributed by atoms with E-state index in [0.29, 0.717) is 25.1 Å². The van der Waals surface area contributed by atoms with Crippen LogP contribution in [0.1, 0.15) is 28.8 Å². The lowest BCUT2D eigenvalue weighted by atomic mass is 9.78. The van der Waals surface area contributed by atoms with Gasteiger partial charge >= 0.3 is 0 Å². The maximum absolute atomic E-state index is 12.6. The van der Waals surface area contributed by atoms with Crippen LogP contribution in [0.25, 0.3) is 0 Å². The minimum absolute atomic E-state index is 0.0481. The fourth-order valence-electron chi connectivity index (χ4n) is 3.01. The minimum atomic E-state index is -0.440. The van der Waals surface area contributed by atoms with E-state index in [0.717, 1.165) is 31.5 Å². The summed E-state index contributed by atoms with van der Waals surface area (Å²) in [6.45, 7) is 2.63. The Balaban J connectivity index is 1.90. The Bertz CT molecular complexity index is 548. The van der Waals surface area contributed by atoms with Crippen LogP contribution in [0.2, 0.25) is 0 Å². The molecule has 0 saturated carbocycles. The van der Waals surface area contributed by atoms with Gasteiger partial charge in [-0.05, 0) is 50.0 Å². The number of primary amides is 1. The first-order valence-electron chi connectivity index (χ1n) is 7.94. The van der Waals surface area contributed by atoms with Gasteiger partial charge in [-0.25, -0.2) is 0 Å². The van der Waals surface area contributed by atoms with Gasteiger partial charge < -0.3 is 21.1 Å². The largest absolute Gasteiger partial charge is 0.384 e. The molecule has 4 N–H and O–H groups in total. The first kappa shape index (κ1) is 17.4. The van der Waals surface area contributed by atoms with E-state index in [1.54, 1.807) is 25.3 Å². The number of hydrogen-bond acceptors (Lipinski definition) is 4. The normalized spacial score (nSPS) is 16.7. The van der Waals surface area contributed by atoms with Crippen molar-refractivity contribution in [3.63, 3.8) is 0 Å². The Morgan fingerprint density at radius 1 is 1.35 bits per heavy atom. The van der Waals surface area contributed by atoms with Crippen LogP contribution in [0, 0.1) is 5.41 Å². The van der Waals surface area contributed by atoms with Gasteiger partial charge in [0.25, 0.3) is 0 Å². The Hall–Kier alpha value is -1.92. The molecule has 0 aliphatic carbocycles. The molecule has 1 aliphatic heterocycles. The lowest BCUT2D eigenvalue weighted by Gasteiger charge is -2.35. The van der Waals surface area contributed by atoms with Gasteiger partial charge in [0.15, 0.2) is 0 Å². The third kappa shape index (κ3) is 4.53. The fraction of sp³-hybridized carbons (Fsp3) is 0.529. The molecule has 0 aromatic heterocycles. The van der Waals surface area contributed by atoms with Crippen LogP contribution in [-0.2, 0) is 16.0 Å². The van der Waals surface area contributed by atoms with E-state index >= 15 is 0 Å². The van der Waals surface area contributed by atoms with E-state index in [9.17, 15) is 9.59 Å². The zero-order valence-electron chi connectivity index (χ0n) is 13.6. The molecule has 1 aromatic rings. The van der Waals surface area contributed by atoms with Crippen molar-refractivity contribution in [1.29, 1.82) is 0 Å². The van der Waals surface area contributed by atoms with Crippen LogP contribution in [0.3, 0.4) is 0 Å². The molecule has 0 spiro atoms. The predicted molar refractivity (Wildman–Crippen MR) is 88.1 cm³/mol. The molecule has 6 heteroatoms. The molecule has 1 heterocycles. The van der Waals surface area contributed by atoms with Gasteiger partial charge in [0, 0.05) is 19.2 Å². The lowest BCUT2D eigenvalue weighted by molar-refractivity contribution is -0.136. The number of rotatable bonds is 7. The van der Waals surface area contributed by atoms with E-state index in [1.165, 1.54) is 0 Å². The zero-order chi connectivity index (χ0) is 16.7. The van der Waals surface area contributed by atoms with Gasteiger partial charge in [-0.2, -0.15) is 0 Å². The molecule has 2 amide bonds. The summed E-state index contributed by atoms with van der Waals surface area (Å²) in [7, 11) is 1.63. The Kier molecular flexibility index (Phi) is 6.12. The molecule has 0 atom stereocenters. The molecule has 0 radical (unpaired) electrons. The van der Waals surface area contributed by atoms with Crippen LogP contribution in [0.4, 0.5) is 0 Å². The number of carbonyl (C=O) groups is 2. The quantitative estimate of drug-likeness (QED) is 0.681. The molecule has 0 unspecified atom stereocenters. The first-order chi connectivity index (χ1) is 11.1. The third-order valence-corrected chi connectivity index (χ3v) is 4.37. The summed E-state index contributed by atoms with van der Waals surface area (Å²) in [5, 5.41) is 6.28. The molecule has 1 fully saturated rings. The van der Waals surface area contributed by atoms with Crippen LogP contribution in [0.5, 0.6) is 0 Å². The number of carbonyl (C=O) groups excluding carboxylic acids is 2. The topological polar surface area (TPSA) is 93.4 Å². The summed E-state index contributed by atoms with van der Waals surface area (Å²) in [5.74, 6) is -0.392. The molecule has 6 nitrogen and oxygen atoms in total. The van der Waals surface area contributed by atoms with Crippen molar-refractivity contribution >= 4 is 11.8 Å². The molecule has 0 bridgehead atoms. The maximum atomic E-state index is 12.6. The smallest absolute Gasteiger partial charge is 0.248 e. The number of piperidine rings is 1. The van der Waals surface area contributed by atoms with Crippen LogP contribution in [-0.4, -0.2) is 45.2 Å². The third-order valence-electron chi connectivity index (χ3n) is 4.37. The second-order valence-electron chi connectivity index (χ2n) is 6.03. The van der Waals surface area contributed by atoms with E-state index in [1.807, 2.05) is 6.07 Å². The second-order valence-corrected chi connectivity index (χ2v) is 6.03. The maximum Gasteiger partial charge on any atom is 0.248 e. The molecule has 1 saturated heterocycles. The van der Waals surface area contributed by atoms with Crippen LogP contribution < -0.4 is 16.4 Å². The SMILES string of the molecule is COCC1(C(=O)NCCc2cccc(C(N)=O)c2)CCNCC1. The van der Waals surface area contributed by atoms with Crippen LogP contribution in [0.15, 0.2) is 24.3 Å². The first-order valence-corrected chi connectivity index (χ1v) is 7.94. The Labute approximate surface area is 136 Å². The standard InChI is InChI=1S/C17H25N3O3/c1-23-12-17(6-9-19-10-7-17)16(22)20-8-5-13-3-2-4-14(11-13)15(18)21/h2-4,11,19H,5-10,12H2,1H3,(H2,18,21)(H,20,22). The van der Waals surface area contributed by atoms with Crippen molar-refractivity contribution in [2.45, 2.75) is 19.3 Å². The molecular formula is C17H25N3O3. The van der Waals surface area contributed by atoms with Gasteiger partial charge in [0.05, 0.1) is 12.0 Å². The number of amides is 2. The summed E-state index contributed by atoms with van der Waals surface area (Å²) in [6, 6.07) is 7.18. The monoisotopic (exact) mass is 319 g/mol. The minimum Gasteiger partial charge on any atom is -0.384 e. The average Bonchev–Trinajstić information content (AvgIpc) is 2.56. The molecule has 23 heavy (non-hydrogen) atoms. The number of benzene rings is 1.